The summed E-state index contributed by atoms with van der Waals surface area (Å²) in [6.45, 7) is 0.379. The van der Waals surface area contributed by atoms with Gasteiger partial charge in [-0.05, 0) is 47.9 Å². The van der Waals surface area contributed by atoms with E-state index < -0.39 is 9.84 Å². The summed E-state index contributed by atoms with van der Waals surface area (Å²) in [4.78, 5) is 21.0. The van der Waals surface area contributed by atoms with E-state index in [1.54, 1.807) is 42.9 Å². The van der Waals surface area contributed by atoms with Crippen molar-refractivity contribution in [2.24, 2.45) is 0 Å². The van der Waals surface area contributed by atoms with Gasteiger partial charge in [0.2, 0.25) is 5.91 Å². The lowest BCUT2D eigenvalue weighted by Gasteiger charge is -2.10. The molecule has 2 heterocycles. The quantitative estimate of drug-likeness (QED) is 0.664. The Morgan fingerprint density at radius 3 is 2.46 bits per heavy atom. The van der Waals surface area contributed by atoms with E-state index in [2.05, 4.69) is 15.3 Å². The molecule has 0 aliphatic heterocycles. The van der Waals surface area contributed by atoms with Gasteiger partial charge in [-0.3, -0.25) is 14.8 Å². The fourth-order valence-electron chi connectivity index (χ4n) is 2.79. The minimum Gasteiger partial charge on any atom is -0.352 e. The van der Waals surface area contributed by atoms with Crippen LogP contribution in [0.3, 0.4) is 0 Å². The van der Waals surface area contributed by atoms with Crippen LogP contribution in [0.2, 0.25) is 0 Å². The van der Waals surface area contributed by atoms with Crippen LogP contribution in [0.4, 0.5) is 0 Å². The first kappa shape index (κ1) is 19.7. The second kappa shape index (κ2) is 8.75. The molecule has 0 radical (unpaired) electrons. The molecule has 1 N–H and O–H groups in total. The van der Waals surface area contributed by atoms with Crippen LogP contribution in [-0.2, 0) is 27.6 Å². The largest absolute Gasteiger partial charge is 0.352 e. The molecule has 0 spiro atoms. The molecular weight excluding hydrogens is 374 g/mol. The molecule has 0 aliphatic carbocycles. The number of sulfone groups is 1. The summed E-state index contributed by atoms with van der Waals surface area (Å²) in [7, 11) is -3.21. The van der Waals surface area contributed by atoms with E-state index in [9.17, 15) is 13.2 Å². The number of aryl methyl sites for hydroxylation is 1. The van der Waals surface area contributed by atoms with Crippen LogP contribution in [-0.4, -0.2) is 30.5 Å². The van der Waals surface area contributed by atoms with Crippen molar-refractivity contribution in [3.63, 3.8) is 0 Å². The maximum Gasteiger partial charge on any atom is 0.220 e. The second-order valence-electron chi connectivity index (χ2n) is 6.45. The monoisotopic (exact) mass is 395 g/mol. The first-order valence-corrected chi connectivity index (χ1v) is 10.7. The Bertz CT molecular complexity index is 1050. The van der Waals surface area contributed by atoms with Crippen LogP contribution in [0.15, 0.2) is 72.0 Å². The van der Waals surface area contributed by atoms with Gasteiger partial charge in [-0.25, -0.2) is 8.42 Å². The second-order valence-corrected chi connectivity index (χ2v) is 8.46. The number of carbonyl (C=O) groups is 1. The van der Waals surface area contributed by atoms with Gasteiger partial charge in [0.25, 0.3) is 0 Å². The molecule has 0 aliphatic rings. The van der Waals surface area contributed by atoms with Crippen molar-refractivity contribution >= 4 is 15.7 Å². The molecule has 7 heteroatoms. The van der Waals surface area contributed by atoms with E-state index in [-0.39, 0.29) is 10.8 Å². The summed E-state index contributed by atoms with van der Waals surface area (Å²) in [6.07, 6.45) is 7.20. The van der Waals surface area contributed by atoms with E-state index in [0.29, 0.717) is 19.4 Å². The van der Waals surface area contributed by atoms with Crippen LogP contribution in [0.25, 0.3) is 11.3 Å². The number of nitrogens with zero attached hydrogens (tertiary/aromatic N) is 2. The number of hydrogen-bond donors (Lipinski definition) is 1. The van der Waals surface area contributed by atoms with Gasteiger partial charge in [0.1, 0.15) is 0 Å². The smallest absolute Gasteiger partial charge is 0.220 e. The maximum atomic E-state index is 12.2. The highest BCUT2D eigenvalue weighted by molar-refractivity contribution is 7.90. The van der Waals surface area contributed by atoms with Gasteiger partial charge in [-0.2, -0.15) is 0 Å². The number of nitrogens with one attached hydrogen (secondary N) is 1. The fourth-order valence-corrected chi connectivity index (χ4v) is 3.42. The highest BCUT2D eigenvalue weighted by Gasteiger charge is 2.09. The van der Waals surface area contributed by atoms with E-state index in [4.69, 9.17) is 0 Å². The predicted octanol–water partition coefficient (Wildman–Crippen LogP) is 2.80. The Morgan fingerprint density at radius 1 is 1.04 bits per heavy atom. The van der Waals surface area contributed by atoms with Gasteiger partial charge in [0.15, 0.2) is 9.84 Å². The van der Waals surface area contributed by atoms with Gasteiger partial charge in [-0.15, -0.1) is 0 Å². The number of benzene rings is 1. The minimum atomic E-state index is -3.21. The first-order chi connectivity index (χ1) is 13.4. The molecule has 1 amide bonds. The predicted molar refractivity (Wildman–Crippen MR) is 107 cm³/mol. The molecule has 0 saturated heterocycles. The van der Waals surface area contributed by atoms with E-state index in [1.165, 1.54) is 6.26 Å². The molecule has 144 valence electrons. The molecule has 28 heavy (non-hydrogen) atoms. The lowest BCUT2D eigenvalue weighted by Crippen LogP contribution is -2.23. The summed E-state index contributed by atoms with van der Waals surface area (Å²) in [5, 5.41) is 2.92. The average molecular weight is 395 g/mol. The summed E-state index contributed by atoms with van der Waals surface area (Å²) < 4.78 is 23.0. The number of aromatic nitrogens is 2. The Kier molecular flexibility index (Phi) is 6.16. The van der Waals surface area contributed by atoms with Crippen LogP contribution < -0.4 is 5.32 Å². The van der Waals surface area contributed by atoms with Crippen molar-refractivity contribution < 1.29 is 13.2 Å². The molecule has 6 nitrogen and oxygen atoms in total. The SMILES string of the molecule is CS(=O)(=O)c1ccc(CCC(=O)NCc2cccnc2-c2cccnc2)cc1. The molecule has 0 saturated carbocycles. The zero-order chi connectivity index (χ0) is 20.0. The average Bonchev–Trinajstić information content (AvgIpc) is 2.71. The molecule has 0 unspecified atom stereocenters. The molecule has 2 aromatic heterocycles. The van der Waals surface area contributed by atoms with Crippen molar-refractivity contribution in [3.05, 3.63) is 78.2 Å². The van der Waals surface area contributed by atoms with Crippen LogP contribution in [0.1, 0.15) is 17.5 Å². The third kappa shape index (κ3) is 5.23. The standard InChI is InChI=1S/C21H21N3O3S/c1-28(26,27)19-9-6-16(7-10-19)8-11-20(25)24-15-18-5-3-13-23-21(18)17-4-2-12-22-14-17/h2-7,9-10,12-14H,8,11,15H2,1H3,(H,24,25). The maximum absolute atomic E-state index is 12.2. The molecule has 3 aromatic rings. The van der Waals surface area contributed by atoms with Crippen LogP contribution in [0.5, 0.6) is 0 Å². The number of pyridine rings is 2. The normalized spacial score (nSPS) is 11.2. The third-order valence-electron chi connectivity index (χ3n) is 4.29. The first-order valence-electron chi connectivity index (χ1n) is 8.83. The van der Waals surface area contributed by atoms with Crippen LogP contribution in [0, 0.1) is 0 Å². The van der Waals surface area contributed by atoms with Gasteiger partial charge >= 0.3 is 0 Å². The molecule has 0 atom stereocenters. The highest BCUT2D eigenvalue weighted by atomic mass is 32.2. The number of amides is 1. The van der Waals surface area contributed by atoms with Crippen molar-refractivity contribution in [1.82, 2.24) is 15.3 Å². The fraction of sp³-hybridized carbons (Fsp3) is 0.190. The van der Waals surface area contributed by atoms with Crippen molar-refractivity contribution in [1.29, 1.82) is 0 Å². The van der Waals surface area contributed by atoms with Crippen molar-refractivity contribution in [3.8, 4) is 11.3 Å². The highest BCUT2D eigenvalue weighted by Crippen LogP contribution is 2.19. The summed E-state index contributed by atoms with van der Waals surface area (Å²) in [6, 6.07) is 14.2. The Morgan fingerprint density at radius 2 is 1.79 bits per heavy atom. The molecular formula is C21H21N3O3S. The van der Waals surface area contributed by atoms with E-state index in [1.807, 2.05) is 24.3 Å². The van der Waals surface area contributed by atoms with Gasteiger partial charge in [0.05, 0.1) is 10.6 Å². The topological polar surface area (TPSA) is 89.0 Å². The molecule has 1 aromatic carbocycles. The number of carbonyl (C=O) groups excluding carboxylic acids is 1. The Hall–Kier alpha value is -3.06. The van der Waals surface area contributed by atoms with Gasteiger partial charge < -0.3 is 5.32 Å². The van der Waals surface area contributed by atoms with Crippen LogP contribution >= 0.6 is 0 Å². The molecule has 0 bridgehead atoms. The Labute approximate surface area is 164 Å². The zero-order valence-electron chi connectivity index (χ0n) is 15.5. The van der Waals surface area contributed by atoms with Crippen molar-refractivity contribution in [2.75, 3.05) is 6.26 Å². The summed E-state index contributed by atoms with van der Waals surface area (Å²) in [5.41, 5.74) is 3.53. The summed E-state index contributed by atoms with van der Waals surface area (Å²) in [5.74, 6) is -0.0758. The molecule has 0 fully saturated rings. The summed E-state index contributed by atoms with van der Waals surface area (Å²) >= 11 is 0. The van der Waals surface area contributed by atoms with Crippen molar-refractivity contribution in [2.45, 2.75) is 24.3 Å². The molecule has 3 rings (SSSR count). The zero-order valence-corrected chi connectivity index (χ0v) is 16.3. The van der Waals surface area contributed by atoms with Gasteiger partial charge in [-0.1, -0.05) is 18.2 Å². The Balaban J connectivity index is 1.57. The lowest BCUT2D eigenvalue weighted by atomic mass is 10.1. The van der Waals surface area contributed by atoms with E-state index >= 15 is 0 Å². The van der Waals surface area contributed by atoms with Gasteiger partial charge in [0, 0.05) is 43.4 Å². The number of hydrogen-bond acceptors (Lipinski definition) is 5. The number of rotatable bonds is 7. The third-order valence-corrected chi connectivity index (χ3v) is 5.42. The van der Waals surface area contributed by atoms with E-state index in [0.717, 1.165) is 22.4 Å². The minimum absolute atomic E-state index is 0.0758. The lowest BCUT2D eigenvalue weighted by molar-refractivity contribution is -0.121.